The van der Waals surface area contributed by atoms with E-state index in [1.807, 2.05) is 24.3 Å². The molecule has 0 bridgehead atoms. The van der Waals surface area contributed by atoms with Crippen molar-refractivity contribution in [3.05, 3.63) is 42.2 Å². The molecular weight excluding hydrogens is 326 g/mol. The van der Waals surface area contributed by atoms with Gasteiger partial charge < -0.3 is 15.1 Å². The molecule has 0 radical (unpaired) electrons. The van der Waals surface area contributed by atoms with Gasteiger partial charge >= 0.3 is 0 Å². The minimum Gasteiger partial charge on any atom is -0.372 e. The topological polar surface area (TPSA) is 61.4 Å². The van der Waals surface area contributed by atoms with Gasteiger partial charge in [-0.25, -0.2) is 9.97 Å². The molecule has 0 atom stereocenters. The van der Waals surface area contributed by atoms with Gasteiger partial charge in [0.05, 0.1) is 5.56 Å². The number of benzene rings is 1. The molecule has 1 fully saturated rings. The highest BCUT2D eigenvalue weighted by atomic mass is 16.1. The highest BCUT2D eigenvalue weighted by Gasteiger charge is 2.14. The Hall–Kier alpha value is -2.63. The first-order valence-electron chi connectivity index (χ1n) is 9.44. The van der Waals surface area contributed by atoms with Crippen molar-refractivity contribution in [3.63, 3.8) is 0 Å². The minimum atomic E-state index is -0.189. The summed E-state index contributed by atoms with van der Waals surface area (Å²) in [6, 6.07) is 7.90. The largest absolute Gasteiger partial charge is 0.372 e. The van der Waals surface area contributed by atoms with Gasteiger partial charge in [0, 0.05) is 49.9 Å². The van der Waals surface area contributed by atoms with Gasteiger partial charge in [-0.2, -0.15) is 0 Å². The van der Waals surface area contributed by atoms with Crippen molar-refractivity contribution < 1.29 is 4.79 Å². The van der Waals surface area contributed by atoms with E-state index in [0.717, 1.165) is 37.6 Å². The lowest BCUT2D eigenvalue weighted by molar-refractivity contribution is 0.102. The second-order valence-electron chi connectivity index (χ2n) is 6.49. The van der Waals surface area contributed by atoms with Crippen LogP contribution in [0.15, 0.2) is 36.7 Å². The number of nitrogens with zero attached hydrogens (tertiary/aromatic N) is 4. The molecule has 1 amide bonds. The summed E-state index contributed by atoms with van der Waals surface area (Å²) in [5.41, 5.74) is 2.40. The van der Waals surface area contributed by atoms with Crippen molar-refractivity contribution in [2.45, 2.75) is 33.1 Å². The fraction of sp³-hybridized carbons (Fsp3) is 0.450. The molecule has 0 spiro atoms. The Morgan fingerprint density at radius 2 is 1.65 bits per heavy atom. The molecule has 1 aromatic heterocycles. The van der Waals surface area contributed by atoms with Crippen LogP contribution in [0.3, 0.4) is 0 Å². The van der Waals surface area contributed by atoms with E-state index in [-0.39, 0.29) is 5.91 Å². The summed E-state index contributed by atoms with van der Waals surface area (Å²) in [4.78, 5) is 25.6. The molecule has 3 rings (SSSR count). The summed E-state index contributed by atoms with van der Waals surface area (Å²) in [7, 11) is 0. The molecule has 0 aliphatic carbocycles. The van der Waals surface area contributed by atoms with Crippen LogP contribution in [0, 0.1) is 0 Å². The first kappa shape index (κ1) is 18.2. The summed E-state index contributed by atoms with van der Waals surface area (Å²) >= 11 is 0. The van der Waals surface area contributed by atoms with Crippen molar-refractivity contribution in [1.82, 2.24) is 9.97 Å². The van der Waals surface area contributed by atoms with E-state index in [4.69, 9.17) is 0 Å². The summed E-state index contributed by atoms with van der Waals surface area (Å²) in [6.45, 7) is 8.17. The smallest absolute Gasteiger partial charge is 0.258 e. The molecule has 2 aromatic rings. The SMILES string of the molecule is CCN(CC)c1ccc(NC(=O)c2cnc(N3CCCCC3)nc2)cc1. The second kappa shape index (κ2) is 8.65. The van der Waals surface area contributed by atoms with Crippen LogP contribution in [-0.4, -0.2) is 42.1 Å². The van der Waals surface area contributed by atoms with E-state index in [9.17, 15) is 4.79 Å². The zero-order chi connectivity index (χ0) is 18.4. The summed E-state index contributed by atoms with van der Waals surface area (Å²) in [5, 5.41) is 2.91. The van der Waals surface area contributed by atoms with Crippen molar-refractivity contribution in [2.75, 3.05) is 41.3 Å². The van der Waals surface area contributed by atoms with Gasteiger partial charge in [-0.1, -0.05) is 0 Å². The second-order valence-corrected chi connectivity index (χ2v) is 6.49. The summed E-state index contributed by atoms with van der Waals surface area (Å²) < 4.78 is 0. The van der Waals surface area contributed by atoms with Crippen LogP contribution >= 0.6 is 0 Å². The number of anilines is 3. The number of carbonyl (C=O) groups excluding carboxylic acids is 1. The number of nitrogens with one attached hydrogen (secondary N) is 1. The van der Waals surface area contributed by atoms with Crippen LogP contribution < -0.4 is 15.1 Å². The molecular formula is C20H27N5O. The number of rotatable bonds is 6. The first-order valence-corrected chi connectivity index (χ1v) is 9.44. The van der Waals surface area contributed by atoms with E-state index < -0.39 is 0 Å². The van der Waals surface area contributed by atoms with Gasteiger partial charge in [0.15, 0.2) is 0 Å². The molecule has 1 N–H and O–H groups in total. The molecule has 1 aromatic carbocycles. The third kappa shape index (κ3) is 4.31. The third-order valence-electron chi connectivity index (χ3n) is 4.79. The lowest BCUT2D eigenvalue weighted by Crippen LogP contribution is -2.31. The molecule has 1 saturated heterocycles. The first-order chi connectivity index (χ1) is 12.7. The standard InChI is InChI=1S/C20H27N5O/c1-3-24(4-2)18-10-8-17(9-11-18)23-19(26)16-14-21-20(22-15-16)25-12-6-5-7-13-25/h8-11,14-15H,3-7,12-13H2,1-2H3,(H,23,26). The highest BCUT2D eigenvalue weighted by molar-refractivity contribution is 6.03. The number of amides is 1. The Labute approximate surface area is 155 Å². The molecule has 0 unspecified atom stereocenters. The van der Waals surface area contributed by atoms with Crippen molar-refractivity contribution >= 4 is 23.2 Å². The zero-order valence-corrected chi connectivity index (χ0v) is 15.6. The van der Waals surface area contributed by atoms with Gasteiger partial charge in [0.2, 0.25) is 5.95 Å². The van der Waals surface area contributed by atoms with E-state index in [1.54, 1.807) is 12.4 Å². The van der Waals surface area contributed by atoms with E-state index in [0.29, 0.717) is 11.5 Å². The minimum absolute atomic E-state index is 0.189. The predicted molar refractivity (Wildman–Crippen MR) is 106 cm³/mol. The molecule has 6 nitrogen and oxygen atoms in total. The quantitative estimate of drug-likeness (QED) is 0.860. The van der Waals surface area contributed by atoms with Crippen molar-refractivity contribution in [2.24, 2.45) is 0 Å². The van der Waals surface area contributed by atoms with E-state index in [2.05, 4.69) is 38.9 Å². The summed E-state index contributed by atoms with van der Waals surface area (Å²) in [5.74, 6) is 0.524. The Balaban J connectivity index is 1.62. The Bertz CT molecular complexity index is 704. The monoisotopic (exact) mass is 353 g/mol. The van der Waals surface area contributed by atoms with Crippen LogP contribution in [0.4, 0.5) is 17.3 Å². The predicted octanol–water partition coefficient (Wildman–Crippen LogP) is 3.57. The number of hydrogen-bond donors (Lipinski definition) is 1. The van der Waals surface area contributed by atoms with E-state index in [1.165, 1.54) is 19.3 Å². The molecule has 6 heteroatoms. The number of piperidine rings is 1. The average Bonchev–Trinajstić information content (AvgIpc) is 2.71. The third-order valence-corrected chi connectivity index (χ3v) is 4.79. The van der Waals surface area contributed by atoms with Gasteiger partial charge in [0.25, 0.3) is 5.91 Å². The molecule has 26 heavy (non-hydrogen) atoms. The summed E-state index contributed by atoms with van der Waals surface area (Å²) in [6.07, 6.45) is 6.83. The van der Waals surface area contributed by atoms with E-state index >= 15 is 0 Å². The number of hydrogen-bond acceptors (Lipinski definition) is 5. The van der Waals surface area contributed by atoms with Crippen molar-refractivity contribution in [3.8, 4) is 0 Å². The Morgan fingerprint density at radius 3 is 2.23 bits per heavy atom. The lowest BCUT2D eigenvalue weighted by atomic mass is 10.1. The maximum atomic E-state index is 12.4. The van der Waals surface area contributed by atoms with Gasteiger partial charge in [0.1, 0.15) is 0 Å². The average molecular weight is 353 g/mol. The Morgan fingerprint density at radius 1 is 1.04 bits per heavy atom. The van der Waals surface area contributed by atoms with Crippen LogP contribution in [0.2, 0.25) is 0 Å². The van der Waals surface area contributed by atoms with Crippen LogP contribution in [0.1, 0.15) is 43.5 Å². The number of carbonyl (C=O) groups is 1. The Kier molecular flexibility index (Phi) is 6.04. The highest BCUT2D eigenvalue weighted by Crippen LogP contribution is 2.19. The molecule has 2 heterocycles. The van der Waals surface area contributed by atoms with Gasteiger partial charge in [-0.15, -0.1) is 0 Å². The maximum Gasteiger partial charge on any atom is 0.258 e. The van der Waals surface area contributed by atoms with Crippen LogP contribution in [0.25, 0.3) is 0 Å². The molecule has 1 aliphatic rings. The maximum absolute atomic E-state index is 12.4. The normalized spacial score (nSPS) is 14.2. The zero-order valence-electron chi connectivity index (χ0n) is 15.6. The van der Waals surface area contributed by atoms with Gasteiger partial charge in [-0.3, -0.25) is 4.79 Å². The molecule has 1 aliphatic heterocycles. The fourth-order valence-electron chi connectivity index (χ4n) is 3.24. The van der Waals surface area contributed by atoms with Gasteiger partial charge in [-0.05, 0) is 57.4 Å². The van der Waals surface area contributed by atoms with Crippen LogP contribution in [0.5, 0.6) is 0 Å². The fourth-order valence-corrected chi connectivity index (χ4v) is 3.24. The molecule has 0 saturated carbocycles. The van der Waals surface area contributed by atoms with Crippen molar-refractivity contribution in [1.29, 1.82) is 0 Å². The lowest BCUT2D eigenvalue weighted by Gasteiger charge is -2.26. The number of aromatic nitrogens is 2. The van der Waals surface area contributed by atoms with Crippen LogP contribution in [-0.2, 0) is 0 Å². The molecule has 138 valence electrons.